The van der Waals surface area contributed by atoms with Gasteiger partial charge in [-0.05, 0) is 71.9 Å². The first-order chi connectivity index (χ1) is 21.5. The van der Waals surface area contributed by atoms with Gasteiger partial charge in [0.2, 0.25) is 5.91 Å². The molecule has 1 aromatic heterocycles. The van der Waals surface area contributed by atoms with Crippen molar-refractivity contribution >= 4 is 35.2 Å². The number of aliphatic hydroxyl groups is 2. The van der Waals surface area contributed by atoms with Gasteiger partial charge in [0.1, 0.15) is 29.8 Å². The van der Waals surface area contributed by atoms with Gasteiger partial charge in [0.15, 0.2) is 0 Å². The maximum atomic E-state index is 13.4. The van der Waals surface area contributed by atoms with Crippen LogP contribution in [0.3, 0.4) is 0 Å². The summed E-state index contributed by atoms with van der Waals surface area (Å²) in [7, 11) is 0. The fourth-order valence-electron chi connectivity index (χ4n) is 5.10. The number of nitrogens with one attached hydrogen (secondary N) is 1. The van der Waals surface area contributed by atoms with Crippen molar-refractivity contribution in [3.63, 3.8) is 0 Å². The van der Waals surface area contributed by atoms with E-state index in [0.29, 0.717) is 5.25 Å². The van der Waals surface area contributed by atoms with Crippen molar-refractivity contribution in [3.05, 3.63) is 94.0 Å². The largest absolute Gasteiger partial charge is 0.394 e. The zero-order chi connectivity index (χ0) is 32.4. The first kappa shape index (κ1) is 35.1. The Kier molecular flexibility index (Phi) is 13.0. The summed E-state index contributed by atoms with van der Waals surface area (Å²) in [6, 6.07) is 14.6. The lowest BCUT2D eigenvalue weighted by Crippen LogP contribution is -2.29. The van der Waals surface area contributed by atoms with Gasteiger partial charge in [-0.2, -0.15) is 28.5 Å². The van der Waals surface area contributed by atoms with Crippen LogP contribution in [0.25, 0.3) is 0 Å². The molecule has 4 rings (SSSR count). The number of hydrogen-bond donors (Lipinski definition) is 3. The van der Waals surface area contributed by atoms with Crippen molar-refractivity contribution in [1.82, 2.24) is 9.55 Å². The molecule has 1 saturated heterocycles. The minimum atomic E-state index is -0.880. The third-order valence-corrected chi connectivity index (χ3v) is 10.2. The highest BCUT2D eigenvalue weighted by molar-refractivity contribution is 7.99. The molecule has 1 unspecified atom stereocenters. The Morgan fingerprint density at radius 2 is 1.71 bits per heavy atom. The van der Waals surface area contributed by atoms with E-state index >= 15 is 0 Å². The maximum absolute atomic E-state index is 13.4. The van der Waals surface area contributed by atoms with Crippen molar-refractivity contribution in [3.8, 4) is 0 Å². The molecule has 244 valence electrons. The molecule has 8 nitrogen and oxygen atoms in total. The predicted molar refractivity (Wildman–Crippen MR) is 175 cm³/mol. The van der Waals surface area contributed by atoms with Gasteiger partial charge < -0.3 is 20.3 Å². The SMILES string of the molecule is CC(C)(CCC(CCSCc1ccc(F)cc1)SCc1ccc(F)cc1)CC(=O)Nc1ccn([C@H]2C[C@@H](O)[C@@H](CO)O2)c(=O)n1. The molecule has 1 amide bonds. The number of halogens is 2. The third kappa shape index (κ3) is 11.2. The number of ether oxygens (including phenoxy) is 1. The summed E-state index contributed by atoms with van der Waals surface area (Å²) in [5, 5.41) is 22.3. The van der Waals surface area contributed by atoms with Crippen molar-refractivity contribution in [2.45, 2.75) is 81.1 Å². The van der Waals surface area contributed by atoms with Crippen molar-refractivity contribution in [1.29, 1.82) is 0 Å². The fraction of sp³-hybridized carbons (Fsp3) is 0.485. The predicted octanol–water partition coefficient (Wildman–Crippen LogP) is 5.92. The summed E-state index contributed by atoms with van der Waals surface area (Å²) >= 11 is 3.64. The first-order valence-electron chi connectivity index (χ1n) is 15.0. The topological polar surface area (TPSA) is 114 Å². The van der Waals surface area contributed by atoms with E-state index in [4.69, 9.17) is 4.74 Å². The lowest BCUT2D eigenvalue weighted by Gasteiger charge is -2.27. The van der Waals surface area contributed by atoms with Crippen LogP contribution in [0.1, 0.15) is 63.3 Å². The van der Waals surface area contributed by atoms with Crippen LogP contribution in [-0.2, 0) is 21.0 Å². The number of nitrogens with zero attached hydrogens (tertiary/aromatic N) is 2. The van der Waals surface area contributed by atoms with Crippen LogP contribution in [0, 0.1) is 17.0 Å². The monoisotopic (exact) mass is 661 g/mol. The second-order valence-corrected chi connectivity index (χ2v) is 14.5. The molecule has 1 aliphatic rings. The first-order valence-corrected chi connectivity index (χ1v) is 17.2. The van der Waals surface area contributed by atoms with E-state index in [9.17, 15) is 28.6 Å². The van der Waals surface area contributed by atoms with E-state index < -0.39 is 24.1 Å². The highest BCUT2D eigenvalue weighted by Crippen LogP contribution is 2.34. The van der Waals surface area contributed by atoms with Crippen LogP contribution in [0.2, 0.25) is 0 Å². The number of hydrogen-bond acceptors (Lipinski definition) is 8. The van der Waals surface area contributed by atoms with Gasteiger partial charge in [0, 0.05) is 35.8 Å². The van der Waals surface area contributed by atoms with E-state index in [1.807, 2.05) is 25.6 Å². The number of benzene rings is 2. The normalized spacial score (nSPS) is 19.0. The van der Waals surface area contributed by atoms with Gasteiger partial charge in [-0.1, -0.05) is 38.1 Å². The van der Waals surface area contributed by atoms with Crippen molar-refractivity contribution < 1.29 is 28.5 Å². The molecule has 45 heavy (non-hydrogen) atoms. The Balaban J connectivity index is 1.28. The van der Waals surface area contributed by atoms with Gasteiger partial charge in [0.05, 0.1) is 12.7 Å². The number of amides is 1. The summed E-state index contributed by atoms with van der Waals surface area (Å²) < 4.78 is 33.4. The smallest absolute Gasteiger partial charge is 0.351 e. The molecule has 0 saturated carbocycles. The van der Waals surface area contributed by atoms with Crippen LogP contribution < -0.4 is 11.0 Å². The summed E-state index contributed by atoms with van der Waals surface area (Å²) in [5.74, 6) is 1.89. The Hall–Kier alpha value is -2.77. The lowest BCUT2D eigenvalue weighted by molar-refractivity contribution is -0.118. The fourth-order valence-corrected chi connectivity index (χ4v) is 7.47. The standard InChI is InChI=1S/C33H41F2N3O5S2/c1-33(2,18-30(41)36-29-12-15-38(32(42)37-29)31-17-27(40)28(19-39)43-31)14-11-26(45-21-23-5-9-25(35)10-6-23)13-16-44-20-22-3-7-24(34)8-4-22/h3-10,12,15,26-28,31,39-40H,11,13-14,16-21H2,1-2H3,(H,36,37,41,42)/t26?,27-,28-,31-/m1/s1. The van der Waals surface area contributed by atoms with E-state index in [1.165, 1.54) is 41.1 Å². The molecule has 4 atom stereocenters. The molecular weight excluding hydrogens is 621 g/mol. The molecule has 1 aliphatic heterocycles. The summed E-state index contributed by atoms with van der Waals surface area (Å²) in [5.41, 5.74) is 1.20. The van der Waals surface area contributed by atoms with Crippen molar-refractivity contribution in [2.75, 3.05) is 17.7 Å². The van der Waals surface area contributed by atoms with Gasteiger partial charge in [0.25, 0.3) is 0 Å². The highest BCUT2D eigenvalue weighted by atomic mass is 32.2. The Morgan fingerprint density at radius 1 is 1.07 bits per heavy atom. The molecule has 0 spiro atoms. The summed E-state index contributed by atoms with van der Waals surface area (Å²) in [6.45, 7) is 3.74. The number of thioether (sulfide) groups is 2. The van der Waals surface area contributed by atoms with E-state index in [1.54, 1.807) is 36.0 Å². The van der Waals surface area contributed by atoms with Crippen LogP contribution in [0.4, 0.5) is 14.6 Å². The molecule has 12 heteroatoms. The zero-order valence-electron chi connectivity index (χ0n) is 25.5. The third-order valence-electron chi connectivity index (χ3n) is 7.74. The number of carbonyl (C=O) groups excluding carboxylic acids is 1. The summed E-state index contributed by atoms with van der Waals surface area (Å²) in [4.78, 5) is 29.5. The number of aliphatic hydroxyl groups excluding tert-OH is 2. The Morgan fingerprint density at radius 3 is 2.31 bits per heavy atom. The van der Waals surface area contributed by atoms with Gasteiger partial charge in [-0.3, -0.25) is 9.36 Å². The van der Waals surface area contributed by atoms with Crippen LogP contribution >= 0.6 is 23.5 Å². The van der Waals surface area contributed by atoms with Gasteiger partial charge >= 0.3 is 5.69 Å². The lowest BCUT2D eigenvalue weighted by atomic mass is 9.83. The maximum Gasteiger partial charge on any atom is 0.351 e. The quantitative estimate of drug-likeness (QED) is 0.162. The van der Waals surface area contributed by atoms with Gasteiger partial charge in [-0.25, -0.2) is 13.6 Å². The second kappa shape index (κ2) is 16.7. The highest BCUT2D eigenvalue weighted by Gasteiger charge is 2.35. The molecule has 0 bridgehead atoms. The molecular formula is C33H41F2N3O5S2. The zero-order valence-corrected chi connectivity index (χ0v) is 27.2. The number of aromatic nitrogens is 2. The average molecular weight is 662 g/mol. The van der Waals surface area contributed by atoms with Crippen LogP contribution in [-0.4, -0.2) is 55.5 Å². The molecule has 1 fully saturated rings. The second-order valence-electron chi connectivity index (χ2n) is 12.1. The minimum absolute atomic E-state index is 0.139. The number of carbonyl (C=O) groups is 1. The van der Waals surface area contributed by atoms with E-state index in [-0.39, 0.29) is 48.2 Å². The molecule has 0 aliphatic carbocycles. The molecule has 3 aromatic rings. The van der Waals surface area contributed by atoms with Crippen molar-refractivity contribution in [2.24, 2.45) is 5.41 Å². The Bertz CT molecular complexity index is 1440. The Labute approximate surface area is 271 Å². The molecule has 2 heterocycles. The molecule has 0 radical (unpaired) electrons. The van der Waals surface area contributed by atoms with Crippen LogP contribution in [0.15, 0.2) is 65.6 Å². The number of anilines is 1. The number of rotatable bonds is 16. The average Bonchev–Trinajstić information content (AvgIpc) is 3.37. The van der Waals surface area contributed by atoms with E-state index in [2.05, 4.69) is 10.3 Å². The van der Waals surface area contributed by atoms with E-state index in [0.717, 1.165) is 47.6 Å². The summed E-state index contributed by atoms with van der Waals surface area (Å²) in [6.07, 6.45) is 2.12. The minimum Gasteiger partial charge on any atom is -0.394 e. The van der Waals surface area contributed by atoms with Crippen LogP contribution in [0.5, 0.6) is 0 Å². The molecule has 3 N–H and O–H groups in total. The van der Waals surface area contributed by atoms with Gasteiger partial charge in [-0.15, -0.1) is 0 Å². The molecule has 2 aromatic carbocycles.